The number of hydrogen-bond acceptors (Lipinski definition) is 3. The van der Waals surface area contributed by atoms with Crippen LogP contribution in [-0.4, -0.2) is 41.3 Å². The molecule has 0 aliphatic carbocycles. The number of aromatic nitrogens is 1. The van der Waals surface area contributed by atoms with Crippen LogP contribution in [0.2, 0.25) is 0 Å². The Morgan fingerprint density at radius 3 is 2.79 bits per heavy atom. The highest BCUT2D eigenvalue weighted by Crippen LogP contribution is 2.42. The average molecular weight is 389 g/mol. The van der Waals surface area contributed by atoms with Gasteiger partial charge in [0, 0.05) is 48.7 Å². The van der Waals surface area contributed by atoms with E-state index in [0.29, 0.717) is 37.3 Å². The van der Waals surface area contributed by atoms with Gasteiger partial charge in [0.2, 0.25) is 5.91 Å². The van der Waals surface area contributed by atoms with Gasteiger partial charge >= 0.3 is 0 Å². The molecule has 3 heterocycles. The number of benzene rings is 2. The molecule has 0 N–H and O–H groups in total. The Hall–Kier alpha value is -3.28. The molecule has 5 rings (SSSR count). The molecule has 0 bridgehead atoms. The first-order valence-electron chi connectivity index (χ1n) is 9.73. The molecule has 1 atom stereocenters. The second-order valence-corrected chi connectivity index (χ2v) is 8.03. The van der Waals surface area contributed by atoms with E-state index in [1.54, 1.807) is 23.2 Å². The lowest BCUT2D eigenvalue weighted by molar-refractivity contribution is -0.117. The van der Waals surface area contributed by atoms with E-state index in [-0.39, 0.29) is 23.0 Å². The molecular formula is C23H20FN3O2. The van der Waals surface area contributed by atoms with Gasteiger partial charge in [-0.3, -0.25) is 14.6 Å². The van der Waals surface area contributed by atoms with Gasteiger partial charge in [0.15, 0.2) is 0 Å². The Morgan fingerprint density at radius 2 is 1.93 bits per heavy atom. The number of amides is 2. The summed E-state index contributed by atoms with van der Waals surface area (Å²) >= 11 is 0. The highest BCUT2D eigenvalue weighted by atomic mass is 19.1. The lowest BCUT2D eigenvalue weighted by Crippen LogP contribution is -2.34. The molecule has 5 nitrogen and oxygen atoms in total. The lowest BCUT2D eigenvalue weighted by atomic mass is 9.86. The van der Waals surface area contributed by atoms with Crippen LogP contribution in [0.5, 0.6) is 0 Å². The molecule has 2 amide bonds. The second-order valence-electron chi connectivity index (χ2n) is 8.03. The van der Waals surface area contributed by atoms with Crippen molar-refractivity contribution in [1.82, 2.24) is 9.88 Å². The number of nitrogens with zero attached hydrogens (tertiary/aromatic N) is 3. The van der Waals surface area contributed by atoms with Crippen molar-refractivity contribution >= 4 is 28.4 Å². The average Bonchev–Trinajstić information content (AvgIpc) is 3.29. The fraction of sp³-hybridized carbons (Fsp3) is 0.261. The van der Waals surface area contributed by atoms with Gasteiger partial charge in [-0.15, -0.1) is 0 Å². The van der Waals surface area contributed by atoms with Gasteiger partial charge in [0.05, 0.1) is 11.1 Å². The first kappa shape index (κ1) is 17.8. The highest BCUT2D eigenvalue weighted by molar-refractivity contribution is 5.99. The fourth-order valence-corrected chi connectivity index (χ4v) is 4.53. The molecule has 6 heteroatoms. The first-order valence-corrected chi connectivity index (χ1v) is 9.73. The lowest BCUT2D eigenvalue weighted by Gasteiger charge is -2.24. The zero-order chi connectivity index (χ0) is 20.0. The fourth-order valence-electron chi connectivity index (χ4n) is 4.53. The van der Waals surface area contributed by atoms with Gasteiger partial charge < -0.3 is 9.80 Å². The summed E-state index contributed by atoms with van der Waals surface area (Å²) in [7, 11) is 0. The largest absolute Gasteiger partial charge is 0.338 e. The van der Waals surface area contributed by atoms with E-state index in [2.05, 4.69) is 4.98 Å². The minimum atomic E-state index is -0.358. The Morgan fingerprint density at radius 1 is 1.07 bits per heavy atom. The third-order valence-electron chi connectivity index (χ3n) is 6.00. The Balaban J connectivity index is 1.35. The molecule has 2 aromatic carbocycles. The number of carbonyl (C=O) groups is 2. The number of likely N-dealkylation sites (tertiary alicyclic amines) is 1. The molecule has 2 aliphatic heterocycles. The molecule has 2 saturated heterocycles. The van der Waals surface area contributed by atoms with E-state index in [0.717, 1.165) is 17.3 Å². The summed E-state index contributed by atoms with van der Waals surface area (Å²) in [5.41, 5.74) is 1.72. The summed E-state index contributed by atoms with van der Waals surface area (Å²) in [6.45, 7) is 1.64. The number of hydrogen-bond donors (Lipinski definition) is 0. The van der Waals surface area contributed by atoms with Crippen LogP contribution in [0.4, 0.5) is 10.1 Å². The molecule has 0 radical (unpaired) electrons. The van der Waals surface area contributed by atoms with Crippen LogP contribution in [0.1, 0.15) is 23.2 Å². The van der Waals surface area contributed by atoms with E-state index in [1.165, 1.54) is 12.1 Å². The Labute approximate surface area is 167 Å². The summed E-state index contributed by atoms with van der Waals surface area (Å²) in [4.78, 5) is 33.5. The Bertz CT molecular complexity index is 1130. The van der Waals surface area contributed by atoms with Gasteiger partial charge in [0.1, 0.15) is 5.82 Å². The molecule has 0 unspecified atom stereocenters. The van der Waals surface area contributed by atoms with Crippen LogP contribution >= 0.6 is 0 Å². The van der Waals surface area contributed by atoms with E-state index in [4.69, 9.17) is 0 Å². The molecule has 2 fully saturated rings. The normalized spacial score (nSPS) is 21.5. The topological polar surface area (TPSA) is 53.5 Å². The van der Waals surface area contributed by atoms with Gasteiger partial charge in [-0.1, -0.05) is 24.3 Å². The predicted octanol–water partition coefficient (Wildman–Crippen LogP) is 3.64. The number of pyridine rings is 1. The summed E-state index contributed by atoms with van der Waals surface area (Å²) < 4.78 is 13.6. The quantitative estimate of drug-likeness (QED) is 0.672. The summed E-state index contributed by atoms with van der Waals surface area (Å²) in [6, 6.07) is 15.7. The van der Waals surface area contributed by atoms with Gasteiger partial charge in [0.25, 0.3) is 5.91 Å². The number of rotatable bonds is 2. The van der Waals surface area contributed by atoms with Crippen molar-refractivity contribution in [2.45, 2.75) is 12.8 Å². The minimum absolute atomic E-state index is 0.0164. The van der Waals surface area contributed by atoms with E-state index in [9.17, 15) is 14.0 Å². The zero-order valence-corrected chi connectivity index (χ0v) is 15.8. The van der Waals surface area contributed by atoms with E-state index < -0.39 is 0 Å². The van der Waals surface area contributed by atoms with Crippen molar-refractivity contribution in [2.75, 3.05) is 24.5 Å². The van der Waals surface area contributed by atoms with Gasteiger partial charge in [-0.25, -0.2) is 4.39 Å². The third-order valence-corrected chi connectivity index (χ3v) is 6.00. The second kappa shape index (κ2) is 6.65. The molecule has 2 aliphatic rings. The number of anilines is 1. The number of carbonyl (C=O) groups excluding carboxylic acids is 2. The molecule has 146 valence electrons. The van der Waals surface area contributed by atoms with E-state index >= 15 is 0 Å². The summed E-state index contributed by atoms with van der Waals surface area (Å²) in [6.07, 6.45) is 2.76. The Kier molecular flexibility index (Phi) is 4.08. The molecule has 0 saturated carbocycles. The molecule has 1 spiro atoms. The van der Waals surface area contributed by atoms with Crippen LogP contribution in [0.15, 0.2) is 60.8 Å². The standard InChI is InChI=1S/C23H20FN3O2/c24-18-5-3-6-19(11-18)27-15-23(12-21(27)28)8-9-26(14-23)22(29)17-10-16-4-1-2-7-20(16)25-13-17/h1-7,10-11,13H,8-9,12,14-15H2/t23-/m0/s1. The SMILES string of the molecule is O=C(c1cnc2ccccc2c1)N1CC[C@]2(CC(=O)N(c3cccc(F)c3)C2)C1. The van der Waals surface area contributed by atoms with E-state index in [1.807, 2.05) is 35.2 Å². The number of para-hydroxylation sites is 1. The van der Waals surface area contributed by atoms with Crippen LogP contribution in [0, 0.1) is 11.2 Å². The summed E-state index contributed by atoms with van der Waals surface area (Å²) in [5.74, 6) is -0.433. The van der Waals surface area contributed by atoms with Crippen molar-refractivity contribution in [3.8, 4) is 0 Å². The molecule has 29 heavy (non-hydrogen) atoms. The van der Waals surface area contributed by atoms with Gasteiger partial charge in [-0.05, 0) is 36.8 Å². The van der Waals surface area contributed by atoms with Crippen molar-refractivity contribution in [3.05, 3.63) is 72.2 Å². The maximum atomic E-state index is 13.6. The highest BCUT2D eigenvalue weighted by Gasteiger charge is 2.48. The zero-order valence-electron chi connectivity index (χ0n) is 15.8. The monoisotopic (exact) mass is 389 g/mol. The number of halogens is 1. The van der Waals surface area contributed by atoms with Crippen LogP contribution in [0.25, 0.3) is 10.9 Å². The van der Waals surface area contributed by atoms with Crippen molar-refractivity contribution in [3.63, 3.8) is 0 Å². The van der Waals surface area contributed by atoms with Gasteiger partial charge in [-0.2, -0.15) is 0 Å². The van der Waals surface area contributed by atoms with Crippen molar-refractivity contribution in [1.29, 1.82) is 0 Å². The molecule has 3 aromatic rings. The van der Waals surface area contributed by atoms with Crippen molar-refractivity contribution < 1.29 is 14.0 Å². The molecule has 1 aromatic heterocycles. The molecular weight excluding hydrogens is 369 g/mol. The van der Waals surface area contributed by atoms with Crippen LogP contribution in [-0.2, 0) is 4.79 Å². The maximum Gasteiger partial charge on any atom is 0.255 e. The third kappa shape index (κ3) is 3.14. The minimum Gasteiger partial charge on any atom is -0.338 e. The predicted molar refractivity (Wildman–Crippen MR) is 108 cm³/mol. The summed E-state index contributed by atoms with van der Waals surface area (Å²) in [5, 5.41) is 0.931. The van der Waals surface area contributed by atoms with Crippen LogP contribution in [0.3, 0.4) is 0 Å². The number of fused-ring (bicyclic) bond motifs is 1. The maximum absolute atomic E-state index is 13.6. The first-order chi connectivity index (χ1) is 14.0. The smallest absolute Gasteiger partial charge is 0.255 e. The van der Waals surface area contributed by atoms with Crippen molar-refractivity contribution in [2.24, 2.45) is 5.41 Å². The van der Waals surface area contributed by atoms with Crippen LogP contribution < -0.4 is 4.90 Å².